The third-order valence-electron chi connectivity index (χ3n) is 3.82. The molecule has 1 aromatic carbocycles. The highest BCUT2D eigenvalue weighted by Gasteiger charge is 2.18. The number of hydrogen-bond acceptors (Lipinski definition) is 5. The smallest absolute Gasteiger partial charge is 0.266 e. The first-order valence-electron chi connectivity index (χ1n) is 7.20. The zero-order valence-electron chi connectivity index (χ0n) is 11.8. The first kappa shape index (κ1) is 13.0. The SMILES string of the molecule is Cc1cccc(N)c1-c1nc(N2CCCCCC2)no1. The summed E-state index contributed by atoms with van der Waals surface area (Å²) in [4.78, 5) is 6.74. The molecule has 0 atom stereocenters. The van der Waals surface area contributed by atoms with Gasteiger partial charge in [-0.1, -0.05) is 25.0 Å². The number of hydrogen-bond donors (Lipinski definition) is 1. The zero-order chi connectivity index (χ0) is 13.9. The Morgan fingerprint density at radius 2 is 1.90 bits per heavy atom. The van der Waals surface area contributed by atoms with E-state index in [0.717, 1.165) is 24.2 Å². The first-order chi connectivity index (χ1) is 9.75. The molecule has 3 rings (SSSR count). The Kier molecular flexibility index (Phi) is 3.58. The van der Waals surface area contributed by atoms with Crippen molar-refractivity contribution in [3.8, 4) is 11.5 Å². The number of nitrogen functional groups attached to an aromatic ring is 1. The fraction of sp³-hybridized carbons (Fsp3) is 0.467. The minimum absolute atomic E-state index is 0.514. The Balaban J connectivity index is 1.90. The predicted molar refractivity (Wildman–Crippen MR) is 79.6 cm³/mol. The van der Waals surface area contributed by atoms with Crippen LogP contribution in [0, 0.1) is 6.92 Å². The molecule has 2 aromatic rings. The molecule has 0 spiro atoms. The van der Waals surface area contributed by atoms with Crippen molar-refractivity contribution < 1.29 is 4.52 Å². The largest absolute Gasteiger partial charge is 0.398 e. The van der Waals surface area contributed by atoms with Gasteiger partial charge in [0.2, 0.25) is 0 Å². The normalized spacial score (nSPS) is 16.1. The van der Waals surface area contributed by atoms with Gasteiger partial charge >= 0.3 is 0 Å². The summed E-state index contributed by atoms with van der Waals surface area (Å²) in [5.41, 5.74) is 8.60. The van der Waals surface area contributed by atoms with E-state index in [4.69, 9.17) is 10.3 Å². The third-order valence-corrected chi connectivity index (χ3v) is 3.82. The number of benzene rings is 1. The van der Waals surface area contributed by atoms with Gasteiger partial charge in [0.15, 0.2) is 0 Å². The van der Waals surface area contributed by atoms with Gasteiger partial charge in [-0.3, -0.25) is 0 Å². The Morgan fingerprint density at radius 1 is 1.15 bits per heavy atom. The summed E-state index contributed by atoms with van der Waals surface area (Å²) >= 11 is 0. The molecule has 0 aliphatic carbocycles. The quantitative estimate of drug-likeness (QED) is 0.851. The highest BCUT2D eigenvalue weighted by Crippen LogP contribution is 2.29. The van der Waals surface area contributed by atoms with Crippen molar-refractivity contribution in [1.29, 1.82) is 0 Å². The molecule has 5 nitrogen and oxygen atoms in total. The van der Waals surface area contributed by atoms with Crippen molar-refractivity contribution in [1.82, 2.24) is 10.1 Å². The van der Waals surface area contributed by atoms with Gasteiger partial charge in [0.1, 0.15) is 0 Å². The Morgan fingerprint density at radius 3 is 2.60 bits per heavy atom. The molecule has 2 heterocycles. The molecule has 0 radical (unpaired) electrons. The Bertz CT molecular complexity index is 565. The fourth-order valence-electron chi connectivity index (χ4n) is 2.70. The number of aromatic nitrogens is 2. The summed E-state index contributed by atoms with van der Waals surface area (Å²) in [5, 5.41) is 4.12. The van der Waals surface area contributed by atoms with Crippen LogP contribution in [0.3, 0.4) is 0 Å². The Hall–Kier alpha value is -2.04. The van der Waals surface area contributed by atoms with Gasteiger partial charge < -0.3 is 15.2 Å². The van der Waals surface area contributed by atoms with Crippen molar-refractivity contribution in [3.05, 3.63) is 23.8 Å². The average Bonchev–Trinajstić information content (AvgIpc) is 2.74. The fourth-order valence-corrected chi connectivity index (χ4v) is 2.70. The lowest BCUT2D eigenvalue weighted by atomic mass is 10.1. The van der Waals surface area contributed by atoms with Crippen LogP contribution in [0.2, 0.25) is 0 Å². The molecule has 0 saturated carbocycles. The van der Waals surface area contributed by atoms with E-state index in [-0.39, 0.29) is 0 Å². The van der Waals surface area contributed by atoms with E-state index in [2.05, 4.69) is 15.0 Å². The van der Waals surface area contributed by atoms with Crippen molar-refractivity contribution in [2.75, 3.05) is 23.7 Å². The molecule has 1 saturated heterocycles. The van der Waals surface area contributed by atoms with Gasteiger partial charge in [-0.25, -0.2) is 0 Å². The monoisotopic (exact) mass is 272 g/mol. The van der Waals surface area contributed by atoms with Crippen molar-refractivity contribution in [2.24, 2.45) is 0 Å². The third kappa shape index (κ3) is 2.48. The molecule has 0 amide bonds. The minimum atomic E-state index is 0.514. The molecule has 0 bridgehead atoms. The maximum Gasteiger partial charge on any atom is 0.266 e. The second-order valence-electron chi connectivity index (χ2n) is 5.34. The molecule has 1 aliphatic rings. The summed E-state index contributed by atoms with van der Waals surface area (Å²) in [7, 11) is 0. The van der Waals surface area contributed by atoms with Crippen LogP contribution in [0.15, 0.2) is 22.7 Å². The second kappa shape index (κ2) is 5.53. The maximum atomic E-state index is 6.02. The van der Waals surface area contributed by atoms with Crippen LogP contribution < -0.4 is 10.6 Å². The molecule has 0 unspecified atom stereocenters. The summed E-state index contributed by atoms with van der Waals surface area (Å²) in [6.45, 7) is 4.01. The summed E-state index contributed by atoms with van der Waals surface area (Å²) in [5.74, 6) is 1.20. The van der Waals surface area contributed by atoms with Crippen LogP contribution in [0.1, 0.15) is 31.2 Å². The van der Waals surface area contributed by atoms with E-state index < -0.39 is 0 Å². The van der Waals surface area contributed by atoms with E-state index in [0.29, 0.717) is 17.5 Å². The Labute approximate surface area is 118 Å². The van der Waals surface area contributed by atoms with E-state index in [9.17, 15) is 0 Å². The molecule has 5 heteroatoms. The van der Waals surface area contributed by atoms with Crippen LogP contribution in [-0.4, -0.2) is 23.2 Å². The number of nitrogens with zero attached hydrogens (tertiary/aromatic N) is 3. The summed E-state index contributed by atoms with van der Waals surface area (Å²) < 4.78 is 5.42. The van der Waals surface area contributed by atoms with Crippen LogP contribution >= 0.6 is 0 Å². The lowest BCUT2D eigenvalue weighted by Gasteiger charge is -2.16. The standard InChI is InChI=1S/C15H20N4O/c1-11-7-6-8-12(16)13(11)14-17-15(18-20-14)19-9-4-2-3-5-10-19/h6-8H,2-5,9-10,16H2,1H3. The average molecular weight is 272 g/mol. The van der Waals surface area contributed by atoms with Crippen LogP contribution in [0.4, 0.5) is 11.6 Å². The van der Waals surface area contributed by atoms with Gasteiger partial charge in [-0.05, 0) is 36.6 Å². The topological polar surface area (TPSA) is 68.2 Å². The van der Waals surface area contributed by atoms with Gasteiger partial charge in [0, 0.05) is 18.8 Å². The molecular formula is C15H20N4O. The molecule has 20 heavy (non-hydrogen) atoms. The van der Waals surface area contributed by atoms with E-state index in [1.807, 2.05) is 25.1 Å². The second-order valence-corrected chi connectivity index (χ2v) is 5.34. The van der Waals surface area contributed by atoms with Crippen LogP contribution in [0.25, 0.3) is 11.5 Å². The maximum absolute atomic E-state index is 6.02. The number of rotatable bonds is 2. The summed E-state index contributed by atoms with van der Waals surface area (Å²) in [6, 6.07) is 5.79. The molecule has 2 N–H and O–H groups in total. The zero-order valence-corrected chi connectivity index (χ0v) is 11.8. The first-order valence-corrected chi connectivity index (χ1v) is 7.20. The number of aryl methyl sites for hydroxylation is 1. The molecular weight excluding hydrogens is 252 g/mol. The number of nitrogens with two attached hydrogens (primary N) is 1. The van der Waals surface area contributed by atoms with Gasteiger partial charge in [0.05, 0.1) is 5.56 Å². The lowest BCUT2D eigenvalue weighted by Crippen LogP contribution is -2.24. The van der Waals surface area contributed by atoms with Crippen molar-refractivity contribution in [2.45, 2.75) is 32.6 Å². The highest BCUT2D eigenvalue weighted by atomic mass is 16.5. The van der Waals surface area contributed by atoms with E-state index >= 15 is 0 Å². The predicted octanol–water partition coefficient (Wildman–Crippen LogP) is 3.01. The van der Waals surface area contributed by atoms with E-state index in [1.165, 1.54) is 25.7 Å². The van der Waals surface area contributed by atoms with Crippen LogP contribution in [0.5, 0.6) is 0 Å². The van der Waals surface area contributed by atoms with E-state index in [1.54, 1.807) is 0 Å². The minimum Gasteiger partial charge on any atom is -0.398 e. The molecule has 1 fully saturated rings. The summed E-state index contributed by atoms with van der Waals surface area (Å²) in [6.07, 6.45) is 4.95. The van der Waals surface area contributed by atoms with Crippen molar-refractivity contribution in [3.63, 3.8) is 0 Å². The lowest BCUT2D eigenvalue weighted by molar-refractivity contribution is 0.429. The van der Waals surface area contributed by atoms with Crippen LogP contribution in [-0.2, 0) is 0 Å². The highest BCUT2D eigenvalue weighted by molar-refractivity contribution is 5.74. The van der Waals surface area contributed by atoms with Gasteiger partial charge in [-0.2, -0.15) is 4.98 Å². The molecule has 106 valence electrons. The number of anilines is 2. The van der Waals surface area contributed by atoms with Gasteiger partial charge in [-0.15, -0.1) is 0 Å². The molecule has 1 aromatic heterocycles. The van der Waals surface area contributed by atoms with Gasteiger partial charge in [0.25, 0.3) is 11.8 Å². The molecule has 1 aliphatic heterocycles. The van der Waals surface area contributed by atoms with Crippen molar-refractivity contribution >= 4 is 11.6 Å².